The van der Waals surface area contributed by atoms with Crippen LogP contribution in [0.5, 0.6) is 0 Å². The summed E-state index contributed by atoms with van der Waals surface area (Å²) >= 11 is 1.37. The lowest BCUT2D eigenvalue weighted by Crippen LogP contribution is -2.34. The highest BCUT2D eigenvalue weighted by Gasteiger charge is 2.35. The molecule has 6 nitrogen and oxygen atoms in total. The van der Waals surface area contributed by atoms with Crippen LogP contribution in [0.15, 0.2) is 45.0 Å². The smallest absolute Gasteiger partial charge is 0.365 e. The second kappa shape index (κ2) is 6.20. The van der Waals surface area contributed by atoms with Gasteiger partial charge in [-0.2, -0.15) is 13.2 Å². The zero-order valence-electron chi connectivity index (χ0n) is 12.4. The summed E-state index contributed by atoms with van der Waals surface area (Å²) in [6.07, 6.45) is -4.78. The van der Waals surface area contributed by atoms with Crippen molar-refractivity contribution in [2.75, 3.05) is 0 Å². The molecule has 3 rings (SSSR count). The van der Waals surface area contributed by atoms with Gasteiger partial charge < -0.3 is 10.3 Å². The third kappa shape index (κ3) is 3.33. The predicted molar refractivity (Wildman–Crippen MR) is 83.1 cm³/mol. The summed E-state index contributed by atoms with van der Waals surface area (Å²) in [5.41, 5.74) is 2.27. The lowest BCUT2D eigenvalue weighted by molar-refractivity contribution is -0.144. The number of amides is 1. The fourth-order valence-corrected chi connectivity index (χ4v) is 2.93. The molecule has 0 fully saturated rings. The van der Waals surface area contributed by atoms with Crippen LogP contribution in [0.2, 0.25) is 0 Å². The van der Waals surface area contributed by atoms with Crippen LogP contribution < -0.4 is 11.3 Å². The van der Waals surface area contributed by atoms with Gasteiger partial charge >= 0.3 is 6.18 Å². The maximum atomic E-state index is 13.2. The van der Waals surface area contributed by atoms with Crippen LogP contribution >= 0.6 is 11.3 Å². The molecule has 0 radical (unpaired) electrons. The minimum Gasteiger partial charge on any atom is -0.365 e. The van der Waals surface area contributed by atoms with Gasteiger partial charge in [-0.3, -0.25) is 14.2 Å². The number of aromatic nitrogens is 2. The van der Waals surface area contributed by atoms with Gasteiger partial charge in [0.1, 0.15) is 17.0 Å². The van der Waals surface area contributed by atoms with Crippen LogP contribution in [0.25, 0.3) is 10.6 Å². The Kier molecular flexibility index (Phi) is 4.21. The molecule has 0 unspecified atom stereocenters. The van der Waals surface area contributed by atoms with E-state index in [4.69, 9.17) is 10.3 Å². The van der Waals surface area contributed by atoms with Crippen molar-refractivity contribution in [3.05, 3.63) is 63.0 Å². The summed E-state index contributed by atoms with van der Waals surface area (Å²) in [6, 6.07) is 6.39. The number of pyridine rings is 1. The summed E-state index contributed by atoms with van der Waals surface area (Å²) in [5.74, 6) is -0.732. The number of carbonyl (C=O) groups is 1. The third-order valence-corrected chi connectivity index (χ3v) is 4.26. The fraction of sp³-hybridized carbons (Fsp3) is 0.133. The van der Waals surface area contributed by atoms with E-state index in [-0.39, 0.29) is 5.69 Å². The summed E-state index contributed by atoms with van der Waals surface area (Å²) in [6.45, 7) is -0.510. The molecular formula is C15H10F3N3O3S. The first-order valence-corrected chi connectivity index (χ1v) is 7.75. The molecular weight excluding hydrogens is 359 g/mol. The number of primary amides is 1. The van der Waals surface area contributed by atoms with Gasteiger partial charge in [0.05, 0.1) is 11.4 Å². The second-order valence-corrected chi connectivity index (χ2v) is 5.99. The molecule has 3 aromatic rings. The Morgan fingerprint density at radius 1 is 1.32 bits per heavy atom. The Hall–Kier alpha value is -2.88. The molecule has 1 amide bonds. The van der Waals surface area contributed by atoms with E-state index in [0.29, 0.717) is 16.4 Å². The first-order chi connectivity index (χ1) is 11.8. The van der Waals surface area contributed by atoms with Crippen molar-refractivity contribution in [2.45, 2.75) is 12.7 Å². The summed E-state index contributed by atoms with van der Waals surface area (Å²) in [7, 11) is 0. The molecule has 130 valence electrons. The number of nitrogens with zero attached hydrogens (tertiary/aromatic N) is 2. The van der Waals surface area contributed by atoms with Gasteiger partial charge in [-0.25, -0.2) is 0 Å². The van der Waals surface area contributed by atoms with Gasteiger partial charge in [0, 0.05) is 6.07 Å². The van der Waals surface area contributed by atoms with Gasteiger partial charge in [-0.1, -0.05) is 11.2 Å². The number of rotatable bonds is 4. The molecule has 0 saturated carbocycles. The number of hydrogen-bond acceptors (Lipinski definition) is 5. The van der Waals surface area contributed by atoms with E-state index in [1.807, 2.05) is 0 Å². The molecule has 0 aliphatic rings. The average Bonchev–Trinajstić information content (AvgIpc) is 3.18. The Morgan fingerprint density at radius 3 is 2.68 bits per heavy atom. The van der Waals surface area contributed by atoms with Crippen molar-refractivity contribution in [3.8, 4) is 10.6 Å². The molecule has 0 spiro atoms. The number of nitrogens with two attached hydrogens (primary N) is 1. The minimum absolute atomic E-state index is 0.109. The zero-order valence-corrected chi connectivity index (χ0v) is 13.2. The number of halogens is 3. The third-order valence-electron chi connectivity index (χ3n) is 3.37. The number of carbonyl (C=O) groups excluding carboxylic acids is 1. The van der Waals surface area contributed by atoms with Gasteiger partial charge in [-0.05, 0) is 23.6 Å². The van der Waals surface area contributed by atoms with Crippen molar-refractivity contribution in [3.63, 3.8) is 0 Å². The highest BCUT2D eigenvalue weighted by molar-refractivity contribution is 7.13. The van der Waals surface area contributed by atoms with Crippen LogP contribution in [0.4, 0.5) is 13.2 Å². The van der Waals surface area contributed by atoms with E-state index in [1.165, 1.54) is 17.4 Å². The molecule has 0 bridgehead atoms. The lowest BCUT2D eigenvalue weighted by atomic mass is 10.2. The quantitative estimate of drug-likeness (QED) is 0.766. The van der Waals surface area contributed by atoms with Gasteiger partial charge in [0.15, 0.2) is 5.76 Å². The molecule has 2 N–H and O–H groups in total. The molecule has 3 aromatic heterocycles. The van der Waals surface area contributed by atoms with E-state index < -0.39 is 35.4 Å². The summed E-state index contributed by atoms with van der Waals surface area (Å²) in [5, 5.41) is 5.50. The molecule has 3 heterocycles. The highest BCUT2D eigenvalue weighted by Crippen LogP contribution is 2.29. The monoisotopic (exact) mass is 369 g/mol. The lowest BCUT2D eigenvalue weighted by Gasteiger charge is -2.15. The number of hydrogen-bond donors (Lipinski definition) is 1. The zero-order chi connectivity index (χ0) is 18.2. The van der Waals surface area contributed by atoms with Crippen molar-refractivity contribution >= 4 is 17.2 Å². The Morgan fingerprint density at radius 2 is 2.08 bits per heavy atom. The number of thiophene rings is 1. The molecule has 10 heteroatoms. The van der Waals surface area contributed by atoms with Crippen molar-refractivity contribution in [1.29, 1.82) is 0 Å². The Bertz CT molecular complexity index is 974. The molecule has 0 saturated heterocycles. The first-order valence-electron chi connectivity index (χ1n) is 6.87. The Balaban J connectivity index is 2.05. The van der Waals surface area contributed by atoms with Gasteiger partial charge in [0.2, 0.25) is 0 Å². The molecule has 0 aromatic carbocycles. The standard InChI is InChI=1S/C15H10F3N3O3S/c16-15(17,18)12-4-3-9(13(19)22)14(23)21(12)7-8-6-10(24-20-8)11-2-1-5-25-11/h1-6H,7H2,(H2,19,22). The highest BCUT2D eigenvalue weighted by atomic mass is 32.1. The van der Waals surface area contributed by atoms with Crippen LogP contribution in [-0.4, -0.2) is 15.6 Å². The molecule has 0 aliphatic carbocycles. The van der Waals surface area contributed by atoms with Crippen LogP contribution in [0, 0.1) is 0 Å². The maximum Gasteiger partial charge on any atom is 0.431 e. The van der Waals surface area contributed by atoms with E-state index in [0.717, 1.165) is 10.9 Å². The SMILES string of the molecule is NC(=O)c1ccc(C(F)(F)F)n(Cc2cc(-c3cccs3)on2)c1=O. The van der Waals surface area contributed by atoms with Crippen LogP contribution in [0.3, 0.4) is 0 Å². The normalized spacial score (nSPS) is 11.6. The minimum atomic E-state index is -4.78. The predicted octanol–water partition coefficient (Wildman–Crippen LogP) is 2.73. The maximum absolute atomic E-state index is 13.2. The molecule has 0 aliphatic heterocycles. The van der Waals surface area contributed by atoms with E-state index in [9.17, 15) is 22.8 Å². The Labute approximate surface area is 142 Å². The molecule has 25 heavy (non-hydrogen) atoms. The van der Waals surface area contributed by atoms with Crippen LogP contribution in [0.1, 0.15) is 21.7 Å². The second-order valence-electron chi connectivity index (χ2n) is 5.05. The average molecular weight is 369 g/mol. The fourth-order valence-electron chi connectivity index (χ4n) is 2.25. The van der Waals surface area contributed by atoms with Crippen molar-refractivity contribution in [2.24, 2.45) is 5.73 Å². The first kappa shape index (κ1) is 17.0. The topological polar surface area (TPSA) is 91.1 Å². The summed E-state index contributed by atoms with van der Waals surface area (Å²) in [4.78, 5) is 24.2. The van der Waals surface area contributed by atoms with Gasteiger partial charge in [-0.15, -0.1) is 11.3 Å². The number of alkyl halides is 3. The van der Waals surface area contributed by atoms with E-state index in [2.05, 4.69) is 5.16 Å². The van der Waals surface area contributed by atoms with E-state index >= 15 is 0 Å². The summed E-state index contributed by atoms with van der Waals surface area (Å²) < 4.78 is 45.0. The van der Waals surface area contributed by atoms with Crippen molar-refractivity contribution < 1.29 is 22.5 Å². The van der Waals surface area contributed by atoms with Crippen molar-refractivity contribution in [1.82, 2.24) is 9.72 Å². The van der Waals surface area contributed by atoms with Gasteiger partial charge in [0.25, 0.3) is 11.5 Å². The van der Waals surface area contributed by atoms with Crippen LogP contribution in [-0.2, 0) is 12.7 Å². The largest absolute Gasteiger partial charge is 0.431 e. The van der Waals surface area contributed by atoms with E-state index in [1.54, 1.807) is 17.5 Å². The molecule has 0 atom stereocenters.